The molecule has 0 aliphatic carbocycles. The van der Waals surface area contributed by atoms with E-state index in [-0.39, 0.29) is 23.9 Å². The molecule has 126 valence electrons. The molecule has 0 aromatic heterocycles. The van der Waals surface area contributed by atoms with Crippen molar-refractivity contribution in [2.24, 2.45) is 5.92 Å². The van der Waals surface area contributed by atoms with Crippen LogP contribution in [0.3, 0.4) is 0 Å². The predicted octanol–water partition coefficient (Wildman–Crippen LogP) is 3.98. The Morgan fingerprint density at radius 3 is 2.48 bits per heavy atom. The molecule has 0 spiro atoms. The third-order valence-electron chi connectivity index (χ3n) is 3.75. The largest absolute Gasteiger partial charge is 0.354 e. The molecule has 2 rings (SSSR count). The molecule has 1 fully saturated rings. The molecule has 5 nitrogen and oxygen atoms in total. The van der Waals surface area contributed by atoms with Gasteiger partial charge >= 0.3 is 6.03 Å². The summed E-state index contributed by atoms with van der Waals surface area (Å²) in [6.45, 7) is 5.09. The van der Waals surface area contributed by atoms with Crippen LogP contribution in [-0.4, -0.2) is 36.0 Å². The molecular formula is C16H21Br2N3O2. The van der Waals surface area contributed by atoms with Crippen molar-refractivity contribution in [3.8, 4) is 0 Å². The first-order valence-corrected chi connectivity index (χ1v) is 9.26. The number of carbonyl (C=O) groups is 2. The quantitative estimate of drug-likeness (QED) is 0.737. The number of carbonyl (C=O) groups excluding carboxylic acids is 2. The molecule has 1 aliphatic rings. The molecule has 1 aromatic rings. The number of halogens is 2. The van der Waals surface area contributed by atoms with E-state index in [2.05, 4.69) is 42.5 Å². The first-order valence-electron chi connectivity index (χ1n) is 7.68. The maximum absolute atomic E-state index is 12.4. The van der Waals surface area contributed by atoms with Gasteiger partial charge in [-0.25, -0.2) is 4.79 Å². The standard InChI is InChI=1S/C16H21Br2N3O2/c1-10(2)19-15(22)11-5-7-21(8-6-11)16(23)20-14-9-12(17)3-4-13(14)18/h3-4,9-11H,5-8H2,1-2H3,(H,19,22)(H,20,23). The average Bonchev–Trinajstić information content (AvgIpc) is 2.50. The Kier molecular flexibility index (Phi) is 6.47. The molecule has 1 aromatic carbocycles. The lowest BCUT2D eigenvalue weighted by molar-refractivity contribution is -0.126. The van der Waals surface area contributed by atoms with Crippen molar-refractivity contribution in [3.05, 3.63) is 27.1 Å². The van der Waals surface area contributed by atoms with Crippen LogP contribution in [0.2, 0.25) is 0 Å². The summed E-state index contributed by atoms with van der Waals surface area (Å²) >= 11 is 6.82. The van der Waals surface area contributed by atoms with Gasteiger partial charge < -0.3 is 15.5 Å². The highest BCUT2D eigenvalue weighted by atomic mass is 79.9. The zero-order chi connectivity index (χ0) is 17.0. The van der Waals surface area contributed by atoms with E-state index in [0.717, 1.165) is 14.6 Å². The zero-order valence-electron chi connectivity index (χ0n) is 13.2. The second kappa shape index (κ2) is 8.15. The fourth-order valence-corrected chi connectivity index (χ4v) is 3.24. The number of rotatable bonds is 3. The summed E-state index contributed by atoms with van der Waals surface area (Å²) in [5, 5.41) is 5.85. The van der Waals surface area contributed by atoms with E-state index in [1.54, 1.807) is 4.90 Å². The van der Waals surface area contributed by atoms with Crippen LogP contribution in [0.5, 0.6) is 0 Å². The van der Waals surface area contributed by atoms with Crippen molar-refractivity contribution in [1.29, 1.82) is 0 Å². The smallest absolute Gasteiger partial charge is 0.321 e. The lowest BCUT2D eigenvalue weighted by Gasteiger charge is -2.31. The summed E-state index contributed by atoms with van der Waals surface area (Å²) < 4.78 is 1.74. The molecular weight excluding hydrogens is 426 g/mol. The number of piperidine rings is 1. The van der Waals surface area contributed by atoms with Gasteiger partial charge in [0.25, 0.3) is 0 Å². The van der Waals surface area contributed by atoms with Crippen LogP contribution in [0.15, 0.2) is 27.1 Å². The van der Waals surface area contributed by atoms with E-state index in [9.17, 15) is 9.59 Å². The molecule has 2 N–H and O–H groups in total. The first kappa shape index (κ1) is 18.3. The maximum atomic E-state index is 12.4. The summed E-state index contributed by atoms with van der Waals surface area (Å²) in [5.74, 6) is 0.0915. The SMILES string of the molecule is CC(C)NC(=O)C1CCN(C(=O)Nc2cc(Br)ccc2Br)CC1. The van der Waals surface area contributed by atoms with Crippen molar-refractivity contribution in [2.75, 3.05) is 18.4 Å². The Morgan fingerprint density at radius 2 is 1.87 bits per heavy atom. The van der Waals surface area contributed by atoms with E-state index in [4.69, 9.17) is 0 Å². The van der Waals surface area contributed by atoms with Crippen molar-refractivity contribution in [2.45, 2.75) is 32.7 Å². The number of benzene rings is 1. The Balaban J connectivity index is 1.88. The number of hydrogen-bond donors (Lipinski definition) is 2. The van der Waals surface area contributed by atoms with Gasteiger partial charge in [-0.3, -0.25) is 4.79 Å². The Labute approximate surface area is 153 Å². The summed E-state index contributed by atoms with van der Waals surface area (Å²) in [6, 6.07) is 5.65. The van der Waals surface area contributed by atoms with Gasteiger partial charge in [-0.05, 0) is 60.8 Å². The molecule has 0 unspecified atom stereocenters. The minimum Gasteiger partial charge on any atom is -0.354 e. The molecule has 0 saturated carbocycles. The lowest BCUT2D eigenvalue weighted by atomic mass is 9.96. The van der Waals surface area contributed by atoms with E-state index in [1.165, 1.54) is 0 Å². The monoisotopic (exact) mass is 445 g/mol. The van der Waals surface area contributed by atoms with Crippen LogP contribution >= 0.6 is 31.9 Å². The third kappa shape index (κ3) is 5.21. The summed E-state index contributed by atoms with van der Waals surface area (Å²) in [6.07, 6.45) is 1.40. The van der Waals surface area contributed by atoms with Gasteiger partial charge in [-0.2, -0.15) is 0 Å². The Hall–Kier alpha value is -1.08. The van der Waals surface area contributed by atoms with Gasteiger partial charge in [-0.1, -0.05) is 15.9 Å². The highest BCUT2D eigenvalue weighted by molar-refractivity contribution is 9.11. The van der Waals surface area contributed by atoms with Crippen molar-refractivity contribution in [3.63, 3.8) is 0 Å². The van der Waals surface area contributed by atoms with Crippen molar-refractivity contribution >= 4 is 49.5 Å². The number of urea groups is 1. The average molecular weight is 447 g/mol. The molecule has 7 heteroatoms. The van der Waals surface area contributed by atoms with Crippen LogP contribution in [0.1, 0.15) is 26.7 Å². The van der Waals surface area contributed by atoms with Crippen LogP contribution < -0.4 is 10.6 Å². The molecule has 1 saturated heterocycles. The predicted molar refractivity (Wildman–Crippen MR) is 98.4 cm³/mol. The normalized spacial score (nSPS) is 15.6. The molecule has 1 heterocycles. The minimum atomic E-state index is -0.133. The second-order valence-corrected chi connectivity index (χ2v) is 7.75. The van der Waals surface area contributed by atoms with E-state index >= 15 is 0 Å². The molecule has 23 heavy (non-hydrogen) atoms. The summed E-state index contributed by atoms with van der Waals surface area (Å²) in [7, 11) is 0. The fourth-order valence-electron chi connectivity index (χ4n) is 2.53. The topological polar surface area (TPSA) is 61.4 Å². The molecule has 0 radical (unpaired) electrons. The van der Waals surface area contributed by atoms with E-state index in [0.29, 0.717) is 25.9 Å². The van der Waals surface area contributed by atoms with Crippen molar-refractivity contribution < 1.29 is 9.59 Å². The first-order chi connectivity index (χ1) is 10.9. The molecule has 0 bridgehead atoms. The van der Waals surface area contributed by atoms with Gasteiger partial charge in [0.05, 0.1) is 5.69 Å². The van der Waals surface area contributed by atoms with E-state index in [1.807, 2.05) is 32.0 Å². The van der Waals surface area contributed by atoms with Crippen LogP contribution in [0.4, 0.5) is 10.5 Å². The summed E-state index contributed by atoms with van der Waals surface area (Å²) in [4.78, 5) is 26.1. The fraction of sp³-hybridized carbons (Fsp3) is 0.500. The van der Waals surface area contributed by atoms with Gasteiger partial charge in [0, 0.05) is 34.0 Å². The number of amides is 3. The minimum absolute atomic E-state index is 0.000874. The Bertz CT molecular complexity index is 585. The number of anilines is 1. The number of nitrogens with one attached hydrogen (secondary N) is 2. The van der Waals surface area contributed by atoms with Crippen LogP contribution in [0, 0.1) is 5.92 Å². The zero-order valence-corrected chi connectivity index (χ0v) is 16.4. The maximum Gasteiger partial charge on any atom is 0.321 e. The van der Waals surface area contributed by atoms with Crippen molar-refractivity contribution in [1.82, 2.24) is 10.2 Å². The number of hydrogen-bond acceptors (Lipinski definition) is 2. The lowest BCUT2D eigenvalue weighted by Crippen LogP contribution is -2.45. The highest BCUT2D eigenvalue weighted by Crippen LogP contribution is 2.27. The molecule has 0 atom stereocenters. The summed E-state index contributed by atoms with van der Waals surface area (Å²) in [5.41, 5.74) is 0.726. The number of nitrogens with zero attached hydrogens (tertiary/aromatic N) is 1. The number of likely N-dealkylation sites (tertiary alicyclic amines) is 1. The Morgan fingerprint density at radius 1 is 1.22 bits per heavy atom. The van der Waals surface area contributed by atoms with Gasteiger partial charge in [-0.15, -0.1) is 0 Å². The van der Waals surface area contributed by atoms with E-state index < -0.39 is 0 Å². The third-order valence-corrected chi connectivity index (χ3v) is 4.94. The van der Waals surface area contributed by atoms with Gasteiger partial charge in [0.1, 0.15) is 0 Å². The second-order valence-electron chi connectivity index (χ2n) is 5.98. The van der Waals surface area contributed by atoms with Gasteiger partial charge in [0.2, 0.25) is 5.91 Å². The highest BCUT2D eigenvalue weighted by Gasteiger charge is 2.27. The molecule has 3 amide bonds. The van der Waals surface area contributed by atoms with Crippen LogP contribution in [0.25, 0.3) is 0 Å². The van der Waals surface area contributed by atoms with Crippen LogP contribution in [-0.2, 0) is 4.79 Å². The molecule has 1 aliphatic heterocycles. The van der Waals surface area contributed by atoms with Gasteiger partial charge in [0.15, 0.2) is 0 Å².